The van der Waals surface area contributed by atoms with Gasteiger partial charge in [-0.2, -0.15) is 0 Å². The molecule has 1 atom stereocenters. The number of nitrogens with zero attached hydrogens (tertiary/aromatic N) is 3. The van der Waals surface area contributed by atoms with Crippen molar-refractivity contribution in [1.82, 2.24) is 20.7 Å². The zero-order valence-corrected chi connectivity index (χ0v) is 16.7. The zero-order chi connectivity index (χ0) is 19.1. The normalized spacial score (nSPS) is 18.5. The average Bonchev–Trinajstić information content (AvgIpc) is 3.00. The lowest BCUT2D eigenvalue weighted by Crippen LogP contribution is -2.51. The summed E-state index contributed by atoms with van der Waals surface area (Å²) in [6.45, 7) is 7.97. The lowest BCUT2D eigenvalue weighted by atomic mass is 10.0. The largest absolute Gasteiger partial charge is 0.361 e. The Kier molecular flexibility index (Phi) is 6.87. The van der Waals surface area contributed by atoms with Crippen LogP contribution in [0.25, 0.3) is 0 Å². The molecular weight excluding hydrogens is 338 g/mol. The molecule has 1 unspecified atom stereocenters. The van der Waals surface area contributed by atoms with E-state index in [0.29, 0.717) is 6.04 Å². The molecule has 6 heteroatoms. The van der Waals surface area contributed by atoms with Crippen molar-refractivity contribution in [3.8, 4) is 0 Å². The van der Waals surface area contributed by atoms with E-state index in [1.165, 1.54) is 24.0 Å². The van der Waals surface area contributed by atoms with Crippen molar-refractivity contribution in [2.24, 2.45) is 4.99 Å². The fraction of sp³-hybridized carbons (Fsp3) is 0.524. The first-order valence-electron chi connectivity index (χ1n) is 9.81. The van der Waals surface area contributed by atoms with Crippen LogP contribution >= 0.6 is 0 Å². The quantitative estimate of drug-likeness (QED) is 0.605. The van der Waals surface area contributed by atoms with E-state index in [0.717, 1.165) is 50.0 Å². The van der Waals surface area contributed by atoms with Crippen LogP contribution < -0.4 is 10.6 Å². The highest BCUT2D eigenvalue weighted by Crippen LogP contribution is 2.14. The standard InChI is InChI=1S/C21H31N5O/c1-16-20(17(2)27-25-16)11-12-23-21(22-3)24-19-10-7-13-26(15-19)14-18-8-5-4-6-9-18/h4-6,8-9,19H,7,10-15H2,1-3H3,(H2,22,23,24). The Hall–Kier alpha value is -2.34. The van der Waals surface area contributed by atoms with Gasteiger partial charge in [0, 0.05) is 38.3 Å². The Morgan fingerprint density at radius 3 is 2.81 bits per heavy atom. The van der Waals surface area contributed by atoms with Crippen molar-refractivity contribution in [2.45, 2.75) is 45.7 Å². The monoisotopic (exact) mass is 369 g/mol. The molecule has 3 rings (SSSR count). The number of aryl methyl sites for hydroxylation is 2. The second-order valence-electron chi connectivity index (χ2n) is 7.26. The Bertz CT molecular complexity index is 721. The van der Waals surface area contributed by atoms with Gasteiger partial charge in [0.1, 0.15) is 5.76 Å². The topological polar surface area (TPSA) is 65.7 Å². The predicted octanol–water partition coefficient (Wildman–Crippen LogP) is 2.66. The average molecular weight is 370 g/mol. The highest BCUT2D eigenvalue weighted by atomic mass is 16.5. The third-order valence-electron chi connectivity index (χ3n) is 5.17. The molecule has 1 aromatic carbocycles. The summed E-state index contributed by atoms with van der Waals surface area (Å²) < 4.78 is 5.23. The van der Waals surface area contributed by atoms with Crippen molar-refractivity contribution in [1.29, 1.82) is 0 Å². The van der Waals surface area contributed by atoms with Gasteiger partial charge >= 0.3 is 0 Å². The summed E-state index contributed by atoms with van der Waals surface area (Å²) in [5, 5.41) is 11.0. The molecule has 1 aliphatic heterocycles. The highest BCUT2D eigenvalue weighted by molar-refractivity contribution is 5.80. The number of aromatic nitrogens is 1. The van der Waals surface area contributed by atoms with Gasteiger partial charge in [-0.3, -0.25) is 9.89 Å². The maximum Gasteiger partial charge on any atom is 0.191 e. The minimum absolute atomic E-state index is 0.424. The van der Waals surface area contributed by atoms with Crippen LogP contribution in [0, 0.1) is 13.8 Å². The first-order valence-corrected chi connectivity index (χ1v) is 9.81. The van der Waals surface area contributed by atoms with Gasteiger partial charge in [0.2, 0.25) is 0 Å². The summed E-state index contributed by atoms with van der Waals surface area (Å²) >= 11 is 0. The van der Waals surface area contributed by atoms with Gasteiger partial charge in [-0.1, -0.05) is 35.5 Å². The number of hydrogen-bond acceptors (Lipinski definition) is 4. The van der Waals surface area contributed by atoms with Crippen molar-refractivity contribution >= 4 is 5.96 Å². The molecule has 1 saturated heterocycles. The van der Waals surface area contributed by atoms with Crippen LogP contribution in [0.5, 0.6) is 0 Å². The van der Waals surface area contributed by atoms with E-state index >= 15 is 0 Å². The molecule has 0 aliphatic carbocycles. The molecular formula is C21H31N5O. The smallest absolute Gasteiger partial charge is 0.191 e. The Morgan fingerprint density at radius 1 is 1.30 bits per heavy atom. The molecule has 0 amide bonds. The van der Waals surface area contributed by atoms with Crippen LogP contribution in [0.1, 0.15) is 35.4 Å². The van der Waals surface area contributed by atoms with Gasteiger partial charge in [0.05, 0.1) is 5.69 Å². The van der Waals surface area contributed by atoms with E-state index in [2.05, 4.69) is 56.0 Å². The minimum Gasteiger partial charge on any atom is -0.361 e. The van der Waals surface area contributed by atoms with E-state index in [1.54, 1.807) is 0 Å². The Balaban J connectivity index is 1.46. The summed E-state index contributed by atoms with van der Waals surface area (Å²) in [4.78, 5) is 6.91. The highest BCUT2D eigenvalue weighted by Gasteiger charge is 2.20. The number of aliphatic imine (C=N–C) groups is 1. The maximum absolute atomic E-state index is 5.23. The molecule has 2 heterocycles. The Morgan fingerprint density at radius 2 is 2.11 bits per heavy atom. The molecule has 0 spiro atoms. The number of hydrogen-bond donors (Lipinski definition) is 2. The third-order valence-corrected chi connectivity index (χ3v) is 5.17. The van der Waals surface area contributed by atoms with Crippen molar-refractivity contribution in [2.75, 3.05) is 26.7 Å². The van der Waals surface area contributed by atoms with Gasteiger partial charge in [-0.25, -0.2) is 0 Å². The number of guanidine groups is 1. The predicted molar refractivity (Wildman–Crippen MR) is 109 cm³/mol. The SMILES string of the molecule is CN=C(NCCc1c(C)noc1C)NC1CCCN(Cc2ccccc2)C1. The zero-order valence-electron chi connectivity index (χ0n) is 16.7. The summed E-state index contributed by atoms with van der Waals surface area (Å²) in [6, 6.07) is 11.1. The molecule has 0 bridgehead atoms. The molecule has 2 aromatic rings. The molecule has 146 valence electrons. The summed E-state index contributed by atoms with van der Waals surface area (Å²) in [5.41, 5.74) is 3.53. The van der Waals surface area contributed by atoms with E-state index in [9.17, 15) is 0 Å². The Labute approximate surface area is 162 Å². The summed E-state index contributed by atoms with van der Waals surface area (Å²) in [7, 11) is 1.83. The van der Waals surface area contributed by atoms with Crippen molar-refractivity contribution in [3.05, 3.63) is 52.9 Å². The minimum atomic E-state index is 0.424. The van der Waals surface area contributed by atoms with Crippen molar-refractivity contribution < 1.29 is 4.52 Å². The van der Waals surface area contributed by atoms with Gasteiger partial charge in [0.15, 0.2) is 5.96 Å². The summed E-state index contributed by atoms with van der Waals surface area (Å²) in [6.07, 6.45) is 3.27. The molecule has 2 N–H and O–H groups in total. The van der Waals surface area contributed by atoms with E-state index < -0.39 is 0 Å². The van der Waals surface area contributed by atoms with E-state index in [-0.39, 0.29) is 0 Å². The second-order valence-corrected chi connectivity index (χ2v) is 7.26. The van der Waals surface area contributed by atoms with Crippen LogP contribution in [-0.2, 0) is 13.0 Å². The van der Waals surface area contributed by atoms with Gasteiger partial charge in [-0.05, 0) is 45.2 Å². The first-order chi connectivity index (χ1) is 13.2. The molecule has 27 heavy (non-hydrogen) atoms. The lowest BCUT2D eigenvalue weighted by Gasteiger charge is -2.34. The molecule has 1 aromatic heterocycles. The fourth-order valence-corrected chi connectivity index (χ4v) is 3.71. The van der Waals surface area contributed by atoms with Gasteiger partial charge in [-0.15, -0.1) is 0 Å². The first kappa shape index (κ1) is 19.4. The fourth-order valence-electron chi connectivity index (χ4n) is 3.71. The molecule has 0 saturated carbocycles. The lowest BCUT2D eigenvalue weighted by molar-refractivity contribution is 0.192. The van der Waals surface area contributed by atoms with Crippen LogP contribution in [0.2, 0.25) is 0 Å². The van der Waals surface area contributed by atoms with E-state index in [4.69, 9.17) is 4.52 Å². The van der Waals surface area contributed by atoms with Crippen molar-refractivity contribution in [3.63, 3.8) is 0 Å². The van der Waals surface area contributed by atoms with Crippen LogP contribution in [0.4, 0.5) is 0 Å². The molecule has 1 aliphatic rings. The van der Waals surface area contributed by atoms with E-state index in [1.807, 2.05) is 20.9 Å². The number of piperidine rings is 1. The van der Waals surface area contributed by atoms with Crippen LogP contribution in [0.15, 0.2) is 39.8 Å². The number of rotatable bonds is 6. The number of likely N-dealkylation sites (tertiary alicyclic amines) is 1. The molecule has 6 nitrogen and oxygen atoms in total. The molecule has 1 fully saturated rings. The summed E-state index contributed by atoms with van der Waals surface area (Å²) in [5.74, 6) is 1.77. The van der Waals surface area contributed by atoms with Crippen LogP contribution in [0.3, 0.4) is 0 Å². The number of nitrogens with one attached hydrogen (secondary N) is 2. The molecule has 0 radical (unpaired) electrons. The second kappa shape index (κ2) is 9.55. The maximum atomic E-state index is 5.23. The third kappa shape index (κ3) is 5.57. The van der Waals surface area contributed by atoms with Gasteiger partial charge in [0.25, 0.3) is 0 Å². The van der Waals surface area contributed by atoms with Crippen LogP contribution in [-0.4, -0.2) is 48.7 Å². The number of benzene rings is 1. The van der Waals surface area contributed by atoms with Gasteiger partial charge < -0.3 is 15.2 Å².